The van der Waals surface area contributed by atoms with Crippen molar-refractivity contribution >= 4 is 52.5 Å². The second-order valence-corrected chi connectivity index (χ2v) is 9.84. The van der Waals surface area contributed by atoms with E-state index in [0.29, 0.717) is 24.4 Å². The number of methoxy groups -OCH3 is 1. The summed E-state index contributed by atoms with van der Waals surface area (Å²) >= 11 is 2.80. The minimum Gasteiger partial charge on any atom is -0.497 e. The molecule has 3 atom stereocenters. The number of hydrogen-bond donors (Lipinski definition) is 4. The first-order valence-corrected chi connectivity index (χ1v) is 13.2. The number of primary amides is 1. The third-order valence-corrected chi connectivity index (χ3v) is 6.98. The molecule has 188 valence electrons. The summed E-state index contributed by atoms with van der Waals surface area (Å²) in [5.41, 5.74) is 6.06. The molecule has 0 aliphatic carbocycles. The van der Waals surface area contributed by atoms with Gasteiger partial charge in [-0.1, -0.05) is 12.1 Å². The molecule has 1 aliphatic heterocycles. The Morgan fingerprint density at radius 3 is 2.71 bits per heavy atom. The molecule has 0 saturated carbocycles. The maximum Gasteiger partial charge on any atom is 0.319 e. The largest absolute Gasteiger partial charge is 0.497 e. The lowest BCUT2D eigenvalue weighted by Gasteiger charge is -2.29. The molecular weight excluding hydrogens is 490 g/mol. The molecule has 12 heteroatoms. The highest BCUT2D eigenvalue weighted by Gasteiger charge is 2.43. The number of amides is 5. The Hall–Kier alpha value is -3.25. The quantitative estimate of drug-likeness (QED) is 0.374. The van der Waals surface area contributed by atoms with Gasteiger partial charge in [-0.15, -0.1) is 11.3 Å². The minimum atomic E-state index is -0.976. The van der Waals surface area contributed by atoms with Gasteiger partial charge in [-0.3, -0.25) is 14.4 Å². The first-order valence-electron chi connectivity index (χ1n) is 10.9. The molecule has 0 spiro atoms. The highest BCUT2D eigenvalue weighted by atomic mass is 32.2. The fraction of sp³-hybridized carbons (Fsp3) is 0.391. The molecule has 2 heterocycles. The number of urea groups is 1. The van der Waals surface area contributed by atoms with Gasteiger partial charge >= 0.3 is 6.03 Å². The number of carbonyl (C=O) groups is 4. The van der Waals surface area contributed by atoms with Crippen molar-refractivity contribution in [3.05, 3.63) is 46.7 Å². The van der Waals surface area contributed by atoms with Crippen LogP contribution in [0.1, 0.15) is 11.3 Å². The van der Waals surface area contributed by atoms with Crippen LogP contribution in [-0.4, -0.2) is 72.4 Å². The van der Waals surface area contributed by atoms with Gasteiger partial charge in [0.25, 0.3) is 0 Å². The van der Waals surface area contributed by atoms with Gasteiger partial charge in [0.2, 0.25) is 17.7 Å². The molecule has 1 aliphatic rings. The molecule has 1 saturated heterocycles. The Morgan fingerprint density at radius 1 is 1.26 bits per heavy atom. The van der Waals surface area contributed by atoms with Crippen LogP contribution in [0.4, 0.5) is 10.5 Å². The maximum absolute atomic E-state index is 13.3. The lowest BCUT2D eigenvalue weighted by Crippen LogP contribution is -2.58. The zero-order valence-electron chi connectivity index (χ0n) is 19.5. The number of thioether (sulfide) groups is 1. The zero-order chi connectivity index (χ0) is 25.4. The number of nitrogens with zero attached hydrogens (tertiary/aromatic N) is 1. The lowest BCUT2D eigenvalue weighted by molar-refractivity contribution is -0.138. The SMILES string of the molecule is COc1cccc(NC(=O)NC2CCN(C(=O)CSC)C2C(=O)NC(Cc2cccs2)C(N)=O)c1. The van der Waals surface area contributed by atoms with Crippen molar-refractivity contribution in [2.24, 2.45) is 5.73 Å². The number of nitrogens with two attached hydrogens (primary N) is 1. The van der Waals surface area contributed by atoms with Gasteiger partial charge in [0.1, 0.15) is 17.8 Å². The predicted octanol–water partition coefficient (Wildman–Crippen LogP) is 1.42. The highest BCUT2D eigenvalue weighted by Crippen LogP contribution is 2.22. The first kappa shape index (κ1) is 26.4. The van der Waals surface area contributed by atoms with Gasteiger partial charge in [0.05, 0.1) is 18.9 Å². The van der Waals surface area contributed by atoms with E-state index in [1.165, 1.54) is 35.1 Å². The van der Waals surface area contributed by atoms with E-state index in [0.717, 1.165) is 4.88 Å². The predicted molar refractivity (Wildman–Crippen MR) is 137 cm³/mol. The molecule has 1 aromatic heterocycles. The summed E-state index contributed by atoms with van der Waals surface area (Å²) < 4.78 is 5.17. The van der Waals surface area contributed by atoms with E-state index in [1.54, 1.807) is 30.5 Å². The molecule has 10 nitrogen and oxygen atoms in total. The van der Waals surface area contributed by atoms with Crippen molar-refractivity contribution in [2.45, 2.75) is 31.0 Å². The average molecular weight is 520 g/mol. The van der Waals surface area contributed by atoms with Crippen LogP contribution in [0.2, 0.25) is 0 Å². The summed E-state index contributed by atoms with van der Waals surface area (Å²) in [6, 6.07) is 7.46. The Balaban J connectivity index is 1.74. The van der Waals surface area contributed by atoms with Crippen molar-refractivity contribution in [2.75, 3.05) is 31.0 Å². The van der Waals surface area contributed by atoms with Gasteiger partial charge in [-0.25, -0.2) is 4.79 Å². The standard InChI is InChI=1S/C23H29N5O5S2/c1-33-15-6-3-5-14(11-15)25-23(32)27-17-8-9-28(19(29)13-34-2)20(17)22(31)26-18(21(24)30)12-16-7-4-10-35-16/h3-7,10-11,17-18,20H,8-9,12-13H2,1-2H3,(H2,24,30)(H,26,31)(H2,25,27,32). The van der Waals surface area contributed by atoms with E-state index in [2.05, 4.69) is 16.0 Å². The van der Waals surface area contributed by atoms with Crippen LogP contribution in [0, 0.1) is 0 Å². The molecule has 1 aromatic carbocycles. The van der Waals surface area contributed by atoms with Crippen LogP contribution in [-0.2, 0) is 20.8 Å². The Morgan fingerprint density at radius 2 is 2.06 bits per heavy atom. The Labute approximate surface area is 211 Å². The van der Waals surface area contributed by atoms with Crippen molar-refractivity contribution in [1.82, 2.24) is 15.5 Å². The van der Waals surface area contributed by atoms with Crippen LogP contribution < -0.4 is 26.4 Å². The molecular formula is C23H29N5O5S2. The van der Waals surface area contributed by atoms with Crippen LogP contribution >= 0.6 is 23.1 Å². The smallest absolute Gasteiger partial charge is 0.319 e. The van der Waals surface area contributed by atoms with E-state index < -0.39 is 36.0 Å². The second-order valence-electron chi connectivity index (χ2n) is 7.94. The summed E-state index contributed by atoms with van der Waals surface area (Å²) in [4.78, 5) is 53.2. The first-order chi connectivity index (χ1) is 16.8. The van der Waals surface area contributed by atoms with Crippen LogP contribution in [0.3, 0.4) is 0 Å². The van der Waals surface area contributed by atoms with E-state index in [9.17, 15) is 19.2 Å². The number of ether oxygens (including phenoxy) is 1. The molecule has 0 radical (unpaired) electrons. The third-order valence-electron chi connectivity index (χ3n) is 5.54. The summed E-state index contributed by atoms with van der Waals surface area (Å²) in [7, 11) is 1.53. The minimum absolute atomic E-state index is 0.195. The van der Waals surface area contributed by atoms with Crippen LogP contribution in [0.5, 0.6) is 5.75 Å². The monoisotopic (exact) mass is 519 g/mol. The fourth-order valence-electron chi connectivity index (χ4n) is 3.90. The number of thiophene rings is 1. The lowest BCUT2D eigenvalue weighted by atomic mass is 10.1. The van der Waals surface area contributed by atoms with Gasteiger partial charge in [-0.2, -0.15) is 11.8 Å². The number of rotatable bonds is 10. The molecule has 1 fully saturated rings. The Kier molecular flexibility index (Phi) is 9.38. The van der Waals surface area contributed by atoms with Gasteiger partial charge < -0.3 is 31.3 Å². The highest BCUT2D eigenvalue weighted by molar-refractivity contribution is 7.99. The van der Waals surface area contributed by atoms with Crippen molar-refractivity contribution < 1.29 is 23.9 Å². The van der Waals surface area contributed by atoms with Crippen LogP contribution in [0.15, 0.2) is 41.8 Å². The molecule has 5 N–H and O–H groups in total. The topological polar surface area (TPSA) is 143 Å². The normalized spacial score (nSPS) is 17.9. The fourth-order valence-corrected chi connectivity index (χ4v) is 5.06. The van der Waals surface area contributed by atoms with E-state index in [4.69, 9.17) is 10.5 Å². The molecule has 3 unspecified atom stereocenters. The molecule has 5 amide bonds. The molecule has 0 bridgehead atoms. The average Bonchev–Trinajstić information content (AvgIpc) is 3.48. The summed E-state index contributed by atoms with van der Waals surface area (Å²) in [5, 5.41) is 10.1. The number of hydrogen-bond acceptors (Lipinski definition) is 7. The van der Waals surface area contributed by atoms with Crippen molar-refractivity contribution in [3.8, 4) is 5.75 Å². The van der Waals surface area contributed by atoms with Gasteiger partial charge in [0, 0.05) is 29.6 Å². The molecule has 3 rings (SSSR count). The Bertz CT molecular complexity index is 1050. The third kappa shape index (κ3) is 7.12. The number of likely N-dealkylation sites (tertiary alicyclic amines) is 1. The van der Waals surface area contributed by atoms with Gasteiger partial charge in [-0.05, 0) is 36.3 Å². The number of carbonyl (C=O) groups excluding carboxylic acids is 4. The summed E-state index contributed by atoms with van der Waals surface area (Å²) in [6.07, 6.45) is 2.43. The van der Waals surface area contributed by atoms with Gasteiger partial charge in [0.15, 0.2) is 0 Å². The molecule has 35 heavy (non-hydrogen) atoms. The second kappa shape index (κ2) is 12.5. The van der Waals surface area contributed by atoms with E-state index in [-0.39, 0.29) is 18.1 Å². The van der Waals surface area contributed by atoms with Crippen molar-refractivity contribution in [3.63, 3.8) is 0 Å². The zero-order valence-corrected chi connectivity index (χ0v) is 21.1. The summed E-state index contributed by atoms with van der Waals surface area (Å²) in [5.74, 6) is -0.654. The molecule has 2 aromatic rings. The van der Waals surface area contributed by atoms with Crippen LogP contribution in [0.25, 0.3) is 0 Å². The number of anilines is 1. The van der Waals surface area contributed by atoms with Crippen molar-refractivity contribution in [1.29, 1.82) is 0 Å². The number of benzene rings is 1. The number of nitrogens with one attached hydrogen (secondary N) is 3. The summed E-state index contributed by atoms with van der Waals surface area (Å²) in [6.45, 7) is 0.299. The van der Waals surface area contributed by atoms with E-state index in [1.807, 2.05) is 17.5 Å². The van der Waals surface area contributed by atoms with E-state index >= 15 is 0 Å². The maximum atomic E-state index is 13.3.